The zero-order valence-electron chi connectivity index (χ0n) is 8.93. The number of halogens is 1. The van der Waals surface area contributed by atoms with E-state index in [9.17, 15) is 4.79 Å². The van der Waals surface area contributed by atoms with Gasteiger partial charge < -0.3 is 5.32 Å². The van der Waals surface area contributed by atoms with Crippen molar-refractivity contribution in [2.75, 3.05) is 0 Å². The number of amides is 1. The molecule has 0 atom stereocenters. The molecule has 0 spiro atoms. The smallest absolute Gasteiger partial charge is 0.270 e. The summed E-state index contributed by atoms with van der Waals surface area (Å²) in [7, 11) is 0. The molecular weight excluding hydrogens is 238 g/mol. The van der Waals surface area contributed by atoms with Gasteiger partial charge in [0.2, 0.25) is 0 Å². The molecule has 2 aromatic heterocycles. The van der Waals surface area contributed by atoms with Crippen LogP contribution in [-0.4, -0.2) is 15.9 Å². The second kappa shape index (κ2) is 5.41. The maximum absolute atomic E-state index is 11.7. The maximum atomic E-state index is 11.7. The van der Waals surface area contributed by atoms with Gasteiger partial charge in [-0.1, -0.05) is 11.6 Å². The SMILES string of the molecule is O=C(NCc1ccncc1)c1cc(Cl)ccn1. The molecule has 2 rings (SSSR count). The van der Waals surface area contributed by atoms with E-state index in [1.54, 1.807) is 18.5 Å². The van der Waals surface area contributed by atoms with Crippen LogP contribution in [-0.2, 0) is 6.54 Å². The molecule has 17 heavy (non-hydrogen) atoms. The highest BCUT2D eigenvalue weighted by atomic mass is 35.5. The Morgan fingerprint density at radius 1 is 1.24 bits per heavy atom. The zero-order chi connectivity index (χ0) is 12.1. The molecule has 0 saturated heterocycles. The number of aromatic nitrogens is 2. The predicted octanol–water partition coefficient (Wildman–Crippen LogP) is 2.06. The zero-order valence-corrected chi connectivity index (χ0v) is 9.69. The number of hydrogen-bond donors (Lipinski definition) is 1. The van der Waals surface area contributed by atoms with Crippen molar-refractivity contribution < 1.29 is 4.79 Å². The Hall–Kier alpha value is -1.94. The first-order valence-corrected chi connectivity index (χ1v) is 5.42. The van der Waals surface area contributed by atoms with E-state index in [-0.39, 0.29) is 5.91 Å². The van der Waals surface area contributed by atoms with Crippen molar-refractivity contribution in [1.29, 1.82) is 0 Å². The van der Waals surface area contributed by atoms with E-state index < -0.39 is 0 Å². The highest BCUT2D eigenvalue weighted by Gasteiger charge is 2.06. The van der Waals surface area contributed by atoms with E-state index in [4.69, 9.17) is 11.6 Å². The Labute approximate surface area is 104 Å². The second-order valence-corrected chi connectivity index (χ2v) is 3.83. The van der Waals surface area contributed by atoms with Gasteiger partial charge >= 0.3 is 0 Å². The fourth-order valence-corrected chi connectivity index (χ4v) is 1.46. The molecule has 0 aromatic carbocycles. The molecule has 0 aliphatic heterocycles. The highest BCUT2D eigenvalue weighted by molar-refractivity contribution is 6.30. The van der Waals surface area contributed by atoms with Crippen molar-refractivity contribution in [3.63, 3.8) is 0 Å². The number of carbonyl (C=O) groups is 1. The van der Waals surface area contributed by atoms with Gasteiger partial charge in [0.15, 0.2) is 0 Å². The number of nitrogens with zero attached hydrogens (tertiary/aromatic N) is 2. The summed E-state index contributed by atoms with van der Waals surface area (Å²) in [5, 5.41) is 3.25. The molecular formula is C12H10ClN3O. The predicted molar refractivity (Wildman–Crippen MR) is 64.7 cm³/mol. The van der Waals surface area contributed by atoms with E-state index in [0.717, 1.165) is 5.56 Å². The lowest BCUT2D eigenvalue weighted by atomic mass is 10.2. The average molecular weight is 248 g/mol. The number of pyridine rings is 2. The average Bonchev–Trinajstić information content (AvgIpc) is 2.37. The highest BCUT2D eigenvalue weighted by Crippen LogP contribution is 2.07. The minimum absolute atomic E-state index is 0.246. The molecule has 2 aromatic rings. The Balaban J connectivity index is 1.98. The van der Waals surface area contributed by atoms with Crippen molar-refractivity contribution in [3.8, 4) is 0 Å². The standard InChI is InChI=1S/C12H10ClN3O/c13-10-3-6-15-11(7-10)12(17)16-8-9-1-4-14-5-2-9/h1-7H,8H2,(H,16,17). The molecule has 0 fully saturated rings. The number of carbonyl (C=O) groups excluding carboxylic acids is 1. The van der Waals surface area contributed by atoms with Gasteiger partial charge in [-0.2, -0.15) is 0 Å². The summed E-state index contributed by atoms with van der Waals surface area (Å²) >= 11 is 5.78. The molecule has 0 bridgehead atoms. The molecule has 0 aliphatic carbocycles. The summed E-state index contributed by atoms with van der Waals surface area (Å²) in [6, 6.07) is 6.84. The van der Waals surface area contributed by atoms with Crippen LogP contribution in [0.2, 0.25) is 5.02 Å². The van der Waals surface area contributed by atoms with Crippen LogP contribution in [0, 0.1) is 0 Å². The van der Waals surface area contributed by atoms with Crippen molar-refractivity contribution in [1.82, 2.24) is 15.3 Å². The van der Waals surface area contributed by atoms with E-state index >= 15 is 0 Å². The third-order valence-corrected chi connectivity index (χ3v) is 2.39. The number of nitrogens with one attached hydrogen (secondary N) is 1. The number of rotatable bonds is 3. The monoisotopic (exact) mass is 247 g/mol. The molecule has 2 heterocycles. The topological polar surface area (TPSA) is 54.9 Å². The van der Waals surface area contributed by atoms with Gasteiger partial charge in [0.25, 0.3) is 5.91 Å². The first-order valence-electron chi connectivity index (χ1n) is 5.04. The van der Waals surface area contributed by atoms with Crippen molar-refractivity contribution in [2.24, 2.45) is 0 Å². The van der Waals surface area contributed by atoms with E-state index in [1.807, 2.05) is 12.1 Å². The molecule has 0 radical (unpaired) electrons. The molecule has 86 valence electrons. The van der Waals surface area contributed by atoms with Crippen LogP contribution in [0.4, 0.5) is 0 Å². The van der Waals surface area contributed by atoms with Crippen molar-refractivity contribution in [3.05, 3.63) is 59.1 Å². The largest absolute Gasteiger partial charge is 0.347 e. The van der Waals surface area contributed by atoms with Gasteiger partial charge in [-0.15, -0.1) is 0 Å². The lowest BCUT2D eigenvalue weighted by Crippen LogP contribution is -2.23. The quantitative estimate of drug-likeness (QED) is 0.903. The van der Waals surface area contributed by atoms with Crippen LogP contribution in [0.1, 0.15) is 16.1 Å². The summed E-state index contributed by atoms with van der Waals surface area (Å²) in [5.74, 6) is -0.246. The Bertz CT molecular complexity index is 516. The Morgan fingerprint density at radius 2 is 2.00 bits per heavy atom. The Morgan fingerprint density at radius 3 is 2.71 bits per heavy atom. The molecule has 1 amide bonds. The lowest BCUT2D eigenvalue weighted by molar-refractivity contribution is 0.0946. The third-order valence-electron chi connectivity index (χ3n) is 2.16. The summed E-state index contributed by atoms with van der Waals surface area (Å²) in [5.41, 5.74) is 1.29. The summed E-state index contributed by atoms with van der Waals surface area (Å²) < 4.78 is 0. The molecule has 0 unspecified atom stereocenters. The van der Waals surface area contributed by atoms with Crippen LogP contribution in [0.5, 0.6) is 0 Å². The van der Waals surface area contributed by atoms with Crippen LogP contribution < -0.4 is 5.32 Å². The first kappa shape index (κ1) is 11.5. The Kier molecular flexibility index (Phi) is 3.67. The third kappa shape index (κ3) is 3.26. The van der Waals surface area contributed by atoms with Crippen LogP contribution in [0.3, 0.4) is 0 Å². The van der Waals surface area contributed by atoms with Crippen LogP contribution >= 0.6 is 11.6 Å². The van der Waals surface area contributed by atoms with Gasteiger partial charge in [0.05, 0.1) is 0 Å². The second-order valence-electron chi connectivity index (χ2n) is 3.40. The van der Waals surface area contributed by atoms with Crippen molar-refractivity contribution in [2.45, 2.75) is 6.54 Å². The summed E-state index contributed by atoms with van der Waals surface area (Å²) in [4.78, 5) is 19.6. The van der Waals surface area contributed by atoms with Crippen LogP contribution in [0.25, 0.3) is 0 Å². The van der Waals surface area contributed by atoms with Gasteiger partial charge in [-0.05, 0) is 29.8 Å². The minimum Gasteiger partial charge on any atom is -0.347 e. The normalized spacial score (nSPS) is 9.94. The maximum Gasteiger partial charge on any atom is 0.270 e. The van der Waals surface area contributed by atoms with Gasteiger partial charge in [-0.3, -0.25) is 14.8 Å². The molecule has 0 saturated carbocycles. The minimum atomic E-state index is -0.246. The van der Waals surface area contributed by atoms with Gasteiger partial charge in [0.1, 0.15) is 5.69 Å². The molecule has 4 nitrogen and oxygen atoms in total. The van der Waals surface area contributed by atoms with Gasteiger partial charge in [-0.25, -0.2) is 0 Å². The van der Waals surface area contributed by atoms with E-state index in [0.29, 0.717) is 17.3 Å². The van der Waals surface area contributed by atoms with Crippen molar-refractivity contribution >= 4 is 17.5 Å². The van der Waals surface area contributed by atoms with Gasteiger partial charge in [0, 0.05) is 30.2 Å². The van der Waals surface area contributed by atoms with E-state index in [1.165, 1.54) is 12.3 Å². The lowest BCUT2D eigenvalue weighted by Gasteiger charge is -2.04. The molecule has 5 heteroatoms. The van der Waals surface area contributed by atoms with E-state index in [2.05, 4.69) is 15.3 Å². The first-order chi connectivity index (χ1) is 8.25. The van der Waals surface area contributed by atoms with Crippen LogP contribution in [0.15, 0.2) is 42.9 Å². The molecule has 1 N–H and O–H groups in total. The fraction of sp³-hybridized carbons (Fsp3) is 0.0833. The number of hydrogen-bond acceptors (Lipinski definition) is 3. The summed E-state index contributed by atoms with van der Waals surface area (Å²) in [6.07, 6.45) is 4.86. The fourth-order valence-electron chi connectivity index (χ4n) is 1.30. The molecule has 0 aliphatic rings. The summed E-state index contributed by atoms with van der Waals surface area (Å²) in [6.45, 7) is 0.440.